The van der Waals surface area contributed by atoms with Gasteiger partial charge in [0.05, 0.1) is 5.71 Å². The van der Waals surface area contributed by atoms with E-state index in [1.54, 1.807) is 0 Å². The van der Waals surface area contributed by atoms with Gasteiger partial charge in [0.25, 0.3) is 0 Å². The van der Waals surface area contributed by atoms with Crippen LogP contribution in [0.15, 0.2) is 5.16 Å². The minimum atomic E-state index is 0.157. The smallest absolute Gasteiger partial charge is 0.133 e. The second-order valence-corrected chi connectivity index (χ2v) is 11.0. The fourth-order valence-corrected chi connectivity index (χ4v) is 7.98. The highest BCUT2D eigenvalue weighted by Gasteiger charge is 2.60. The third-order valence-electron chi connectivity index (χ3n) is 9.39. The van der Waals surface area contributed by atoms with Gasteiger partial charge in [-0.1, -0.05) is 19.0 Å². The lowest BCUT2D eigenvalue weighted by Gasteiger charge is -2.60. The normalized spacial score (nSPS) is 47.4. The molecule has 152 valence electrons. The predicted molar refractivity (Wildman–Crippen MR) is 110 cm³/mol. The van der Waals surface area contributed by atoms with Gasteiger partial charge in [-0.2, -0.15) is 0 Å². The molecular weight excluding hydrogens is 334 g/mol. The van der Waals surface area contributed by atoms with Crippen LogP contribution in [0.4, 0.5) is 0 Å². The van der Waals surface area contributed by atoms with Crippen LogP contribution >= 0.6 is 0 Å². The van der Waals surface area contributed by atoms with Gasteiger partial charge in [0.1, 0.15) is 11.9 Å². The van der Waals surface area contributed by atoms with Gasteiger partial charge in [-0.25, -0.2) is 0 Å². The summed E-state index contributed by atoms with van der Waals surface area (Å²) < 4.78 is 0. The summed E-state index contributed by atoms with van der Waals surface area (Å²) in [7, 11) is 0. The quantitative estimate of drug-likeness (QED) is 0.448. The molecule has 4 aliphatic rings. The molecule has 0 radical (unpaired) electrons. The molecule has 0 unspecified atom stereocenters. The monoisotopic (exact) mass is 373 g/mol. The van der Waals surface area contributed by atoms with Crippen LogP contribution in [0.3, 0.4) is 0 Å². The minimum Gasteiger partial charge on any atom is -0.393 e. The van der Waals surface area contributed by atoms with Crippen LogP contribution in [0.2, 0.25) is 0 Å². The number of oxime groups is 1. The molecule has 0 N–H and O–H groups in total. The van der Waals surface area contributed by atoms with Gasteiger partial charge in [0, 0.05) is 18.8 Å². The molecule has 3 heteroatoms. The Hall–Kier alpha value is -0.860. The Balaban J connectivity index is 1.55. The molecule has 0 amide bonds. The van der Waals surface area contributed by atoms with Gasteiger partial charge in [0.15, 0.2) is 0 Å². The van der Waals surface area contributed by atoms with E-state index in [-0.39, 0.29) is 6.10 Å². The molecule has 27 heavy (non-hydrogen) atoms. The van der Waals surface area contributed by atoms with Crippen molar-refractivity contribution in [2.45, 2.75) is 98.5 Å². The largest absolute Gasteiger partial charge is 0.393 e. The molecule has 0 aromatic rings. The molecule has 0 saturated heterocycles. The zero-order chi connectivity index (χ0) is 19.4. The van der Waals surface area contributed by atoms with Crippen LogP contribution in [0.1, 0.15) is 92.4 Å². The molecule has 4 rings (SSSR count). The summed E-state index contributed by atoms with van der Waals surface area (Å²) in [5.74, 6) is 4.30. The van der Waals surface area contributed by atoms with Crippen LogP contribution in [0.25, 0.3) is 0 Å². The average Bonchev–Trinajstić information content (AvgIpc) is 2.97. The van der Waals surface area contributed by atoms with E-state index in [2.05, 4.69) is 39.8 Å². The SMILES string of the molecule is C/C(=N\OC(C)C)[C@H]1CC[C@H]2[C@@H]3CC[C@@H]4CC(=O)CC[C@]4(C)[C@H]3CC[C@]12C. The Morgan fingerprint density at radius 2 is 1.78 bits per heavy atom. The Labute approximate surface area is 165 Å². The van der Waals surface area contributed by atoms with Crippen LogP contribution < -0.4 is 0 Å². The molecule has 4 saturated carbocycles. The Morgan fingerprint density at radius 1 is 1.04 bits per heavy atom. The van der Waals surface area contributed by atoms with Gasteiger partial charge in [-0.15, -0.1) is 0 Å². The molecule has 4 aliphatic carbocycles. The molecule has 0 aliphatic heterocycles. The first-order valence-corrected chi connectivity index (χ1v) is 11.5. The topological polar surface area (TPSA) is 38.7 Å². The first kappa shape index (κ1) is 19.5. The van der Waals surface area contributed by atoms with Crippen molar-refractivity contribution in [3.05, 3.63) is 0 Å². The van der Waals surface area contributed by atoms with E-state index < -0.39 is 0 Å². The highest BCUT2D eigenvalue weighted by atomic mass is 16.6. The Morgan fingerprint density at radius 3 is 2.52 bits per heavy atom. The van der Waals surface area contributed by atoms with Gasteiger partial charge in [-0.3, -0.25) is 4.79 Å². The number of hydrogen-bond donors (Lipinski definition) is 0. The van der Waals surface area contributed by atoms with Crippen molar-refractivity contribution in [1.82, 2.24) is 0 Å². The molecular formula is C24H39NO2. The van der Waals surface area contributed by atoms with Crippen molar-refractivity contribution in [1.29, 1.82) is 0 Å². The first-order valence-electron chi connectivity index (χ1n) is 11.5. The third-order valence-corrected chi connectivity index (χ3v) is 9.39. The van der Waals surface area contributed by atoms with Gasteiger partial charge in [-0.05, 0) is 100 Å². The maximum Gasteiger partial charge on any atom is 0.133 e. The minimum absolute atomic E-state index is 0.157. The van der Waals surface area contributed by atoms with Crippen LogP contribution in [0.5, 0.6) is 0 Å². The maximum absolute atomic E-state index is 12.1. The fraction of sp³-hybridized carbons (Fsp3) is 0.917. The summed E-state index contributed by atoms with van der Waals surface area (Å²) in [5, 5.41) is 4.51. The van der Waals surface area contributed by atoms with E-state index in [0.29, 0.717) is 28.4 Å². The highest BCUT2D eigenvalue weighted by molar-refractivity contribution is 5.85. The first-order chi connectivity index (χ1) is 12.8. The molecule has 4 fully saturated rings. The van der Waals surface area contributed by atoms with E-state index >= 15 is 0 Å². The van der Waals surface area contributed by atoms with Gasteiger partial charge >= 0.3 is 0 Å². The van der Waals surface area contributed by atoms with Crippen LogP contribution in [0, 0.1) is 40.4 Å². The second kappa shape index (κ2) is 6.88. The average molecular weight is 374 g/mol. The summed E-state index contributed by atoms with van der Waals surface area (Å²) >= 11 is 0. The summed E-state index contributed by atoms with van der Waals surface area (Å²) in [6.45, 7) is 11.4. The number of hydrogen-bond acceptors (Lipinski definition) is 3. The Bertz CT molecular complexity index is 626. The number of rotatable bonds is 3. The molecule has 0 aromatic heterocycles. The molecule has 0 aromatic carbocycles. The number of nitrogens with zero attached hydrogens (tertiary/aromatic N) is 1. The molecule has 3 nitrogen and oxygen atoms in total. The Kier molecular flexibility index (Phi) is 4.96. The third kappa shape index (κ3) is 3.08. The number of ketones is 1. The number of fused-ring (bicyclic) bond motifs is 5. The van der Waals surface area contributed by atoms with Crippen molar-refractivity contribution in [2.75, 3.05) is 0 Å². The van der Waals surface area contributed by atoms with E-state index in [9.17, 15) is 4.79 Å². The summed E-state index contributed by atoms with van der Waals surface area (Å²) in [4.78, 5) is 17.7. The lowest BCUT2D eigenvalue weighted by molar-refractivity contribution is -0.138. The molecule has 0 heterocycles. The highest BCUT2D eigenvalue weighted by Crippen LogP contribution is 2.67. The summed E-state index contributed by atoms with van der Waals surface area (Å²) in [6.07, 6.45) is 11.0. The number of carbonyl (C=O) groups excluding carboxylic acids is 1. The van der Waals surface area contributed by atoms with Gasteiger partial charge < -0.3 is 4.84 Å². The van der Waals surface area contributed by atoms with E-state index in [1.165, 1.54) is 44.2 Å². The van der Waals surface area contributed by atoms with Crippen molar-refractivity contribution >= 4 is 11.5 Å². The maximum atomic E-state index is 12.1. The lowest BCUT2D eigenvalue weighted by atomic mass is 9.44. The summed E-state index contributed by atoms with van der Waals surface area (Å²) in [5.41, 5.74) is 2.03. The molecule has 0 spiro atoms. The van der Waals surface area contributed by atoms with Crippen LogP contribution in [-0.4, -0.2) is 17.6 Å². The lowest BCUT2D eigenvalue weighted by Crippen LogP contribution is -2.53. The van der Waals surface area contributed by atoms with Crippen molar-refractivity contribution < 1.29 is 9.63 Å². The van der Waals surface area contributed by atoms with Crippen molar-refractivity contribution in [2.24, 2.45) is 45.6 Å². The zero-order valence-corrected chi connectivity index (χ0v) is 18.1. The van der Waals surface area contributed by atoms with Crippen LogP contribution in [-0.2, 0) is 9.63 Å². The van der Waals surface area contributed by atoms with Crippen molar-refractivity contribution in [3.8, 4) is 0 Å². The molecule has 7 atom stereocenters. The fourth-order valence-electron chi connectivity index (χ4n) is 7.98. The predicted octanol–water partition coefficient (Wildman–Crippen LogP) is 6.02. The molecule has 0 bridgehead atoms. The van der Waals surface area contributed by atoms with Crippen molar-refractivity contribution in [3.63, 3.8) is 0 Å². The van der Waals surface area contributed by atoms with E-state index in [1.807, 2.05) is 0 Å². The van der Waals surface area contributed by atoms with E-state index in [0.717, 1.165) is 37.0 Å². The summed E-state index contributed by atoms with van der Waals surface area (Å²) in [6, 6.07) is 0. The number of Topliss-reactive ketones (excluding diaryl/α,β-unsaturated/α-hetero) is 1. The zero-order valence-electron chi connectivity index (χ0n) is 18.1. The number of carbonyl (C=O) groups is 1. The standard InChI is InChI=1S/C24H39NO2/c1-15(2)27-25-16(3)20-8-9-21-19-7-6-17-14-18(26)10-12-23(17,4)22(19)11-13-24(20,21)5/h15,17,19-22H,6-14H2,1-5H3/b25-16+/t17-,19+,20-,21+,22+,23+,24-/m1/s1. The second-order valence-electron chi connectivity index (χ2n) is 11.0. The van der Waals surface area contributed by atoms with Gasteiger partial charge in [0.2, 0.25) is 0 Å². The van der Waals surface area contributed by atoms with E-state index in [4.69, 9.17) is 4.84 Å².